The van der Waals surface area contributed by atoms with Crippen LogP contribution < -0.4 is 10.9 Å². The Balaban J connectivity index is 1.95. The highest BCUT2D eigenvalue weighted by atomic mass is 35.5. The number of hydrogen-bond acceptors (Lipinski definition) is 5. The summed E-state index contributed by atoms with van der Waals surface area (Å²) in [6.45, 7) is 0. The summed E-state index contributed by atoms with van der Waals surface area (Å²) in [6, 6.07) is 8.67. The van der Waals surface area contributed by atoms with Gasteiger partial charge in [-0.25, -0.2) is 13.4 Å². The van der Waals surface area contributed by atoms with Gasteiger partial charge in [-0.15, -0.1) is 0 Å². The van der Waals surface area contributed by atoms with E-state index in [4.69, 9.17) is 11.6 Å². The highest BCUT2D eigenvalue weighted by Gasteiger charge is 2.16. The number of aromatic amines is 1. The highest BCUT2D eigenvalue weighted by molar-refractivity contribution is 7.90. The van der Waals surface area contributed by atoms with Crippen molar-refractivity contribution in [3.05, 3.63) is 63.7 Å². The number of carbonyl (C=O) groups is 1. The Morgan fingerprint density at radius 2 is 1.96 bits per heavy atom. The van der Waals surface area contributed by atoms with Gasteiger partial charge in [0.2, 0.25) is 0 Å². The Morgan fingerprint density at radius 1 is 1.20 bits per heavy atom. The van der Waals surface area contributed by atoms with Crippen LogP contribution in [-0.2, 0) is 9.84 Å². The average molecular weight is 378 g/mol. The van der Waals surface area contributed by atoms with Crippen LogP contribution in [0.2, 0.25) is 5.02 Å². The van der Waals surface area contributed by atoms with Crippen LogP contribution in [0.15, 0.2) is 52.4 Å². The first-order chi connectivity index (χ1) is 11.8. The lowest BCUT2D eigenvalue weighted by atomic mass is 10.2. The van der Waals surface area contributed by atoms with Crippen LogP contribution in [0.1, 0.15) is 10.4 Å². The molecule has 0 saturated heterocycles. The zero-order valence-corrected chi connectivity index (χ0v) is 14.5. The number of nitrogens with zero attached hydrogens (tertiary/aromatic N) is 1. The van der Waals surface area contributed by atoms with E-state index in [-0.39, 0.29) is 21.0 Å². The van der Waals surface area contributed by atoms with Gasteiger partial charge in [-0.1, -0.05) is 11.6 Å². The van der Waals surface area contributed by atoms with Gasteiger partial charge >= 0.3 is 0 Å². The van der Waals surface area contributed by atoms with Gasteiger partial charge in [-0.05, 0) is 36.4 Å². The van der Waals surface area contributed by atoms with Crippen molar-refractivity contribution in [3.63, 3.8) is 0 Å². The van der Waals surface area contributed by atoms with Gasteiger partial charge in [-0.3, -0.25) is 9.59 Å². The monoisotopic (exact) mass is 377 g/mol. The van der Waals surface area contributed by atoms with Crippen LogP contribution >= 0.6 is 11.6 Å². The van der Waals surface area contributed by atoms with Crippen LogP contribution in [0.3, 0.4) is 0 Å². The fourth-order valence-corrected chi connectivity index (χ4v) is 3.58. The van der Waals surface area contributed by atoms with Crippen LogP contribution in [0.5, 0.6) is 0 Å². The Hall–Kier alpha value is -2.71. The molecule has 2 N–H and O–H groups in total. The molecule has 1 aromatic heterocycles. The lowest BCUT2D eigenvalue weighted by molar-refractivity contribution is 0.102. The fourth-order valence-electron chi connectivity index (χ4n) is 2.28. The Morgan fingerprint density at radius 3 is 2.68 bits per heavy atom. The second-order valence-electron chi connectivity index (χ2n) is 5.34. The molecule has 128 valence electrons. The number of aromatic nitrogens is 2. The van der Waals surface area contributed by atoms with Gasteiger partial charge in [-0.2, -0.15) is 0 Å². The lowest BCUT2D eigenvalue weighted by Crippen LogP contribution is -2.14. The predicted octanol–water partition coefficient (Wildman–Crippen LogP) is 2.23. The molecular weight excluding hydrogens is 366 g/mol. The summed E-state index contributed by atoms with van der Waals surface area (Å²) in [5.41, 5.74) is 0.677. The van der Waals surface area contributed by atoms with E-state index in [0.717, 1.165) is 6.26 Å². The van der Waals surface area contributed by atoms with Crippen LogP contribution in [-0.4, -0.2) is 30.5 Å². The molecule has 0 aliphatic heterocycles. The molecule has 0 saturated carbocycles. The predicted molar refractivity (Wildman–Crippen MR) is 94.9 cm³/mol. The van der Waals surface area contributed by atoms with E-state index >= 15 is 0 Å². The van der Waals surface area contributed by atoms with Gasteiger partial charge < -0.3 is 10.3 Å². The molecular formula is C16H12ClN3O4S. The second kappa shape index (κ2) is 6.30. The lowest BCUT2D eigenvalue weighted by Gasteiger charge is -2.08. The quantitative estimate of drug-likeness (QED) is 0.727. The van der Waals surface area contributed by atoms with Crippen molar-refractivity contribution < 1.29 is 13.2 Å². The number of H-pyrrole nitrogens is 1. The number of benzene rings is 2. The number of fused-ring (bicyclic) bond motifs is 1. The van der Waals surface area contributed by atoms with Gasteiger partial charge in [0.05, 0.1) is 27.1 Å². The van der Waals surface area contributed by atoms with E-state index in [0.29, 0.717) is 16.6 Å². The molecule has 3 rings (SSSR count). The summed E-state index contributed by atoms with van der Waals surface area (Å²) >= 11 is 5.87. The van der Waals surface area contributed by atoms with Crippen molar-refractivity contribution in [2.24, 2.45) is 0 Å². The molecule has 0 aliphatic carbocycles. The normalized spacial score (nSPS) is 11.4. The maximum atomic E-state index is 12.4. The first-order valence-corrected chi connectivity index (χ1v) is 9.31. The summed E-state index contributed by atoms with van der Waals surface area (Å²) in [4.78, 5) is 30.5. The zero-order valence-electron chi connectivity index (χ0n) is 12.9. The van der Waals surface area contributed by atoms with Crippen LogP contribution in [0.25, 0.3) is 10.9 Å². The minimum Gasteiger partial charge on any atom is -0.322 e. The third-order valence-electron chi connectivity index (χ3n) is 3.49. The smallest absolute Gasteiger partial charge is 0.258 e. The minimum atomic E-state index is -3.56. The first kappa shape index (κ1) is 17.1. The fraction of sp³-hybridized carbons (Fsp3) is 0.0625. The molecule has 0 atom stereocenters. The molecule has 0 unspecified atom stereocenters. The van der Waals surface area contributed by atoms with Crippen molar-refractivity contribution in [1.29, 1.82) is 0 Å². The molecule has 0 bridgehead atoms. The maximum absolute atomic E-state index is 12.4. The first-order valence-electron chi connectivity index (χ1n) is 7.04. The standard InChI is InChI=1S/C16H12ClN3O4S/c1-25(23,24)14-6-9(2-4-12(14)17)15(21)20-10-3-5-13-11(7-10)16(22)19-8-18-13/h2-8H,1H3,(H,20,21)(H,18,19,22). The molecule has 1 heterocycles. The summed E-state index contributed by atoms with van der Waals surface area (Å²) in [5.74, 6) is -0.527. The molecule has 9 heteroatoms. The number of nitrogens with one attached hydrogen (secondary N) is 2. The molecule has 2 aromatic carbocycles. The highest BCUT2D eigenvalue weighted by Crippen LogP contribution is 2.23. The summed E-state index contributed by atoms with van der Waals surface area (Å²) in [6.07, 6.45) is 2.31. The Kier molecular flexibility index (Phi) is 4.32. The van der Waals surface area contributed by atoms with Crippen molar-refractivity contribution in [3.8, 4) is 0 Å². The number of carbonyl (C=O) groups excluding carboxylic acids is 1. The molecule has 0 fully saturated rings. The second-order valence-corrected chi connectivity index (χ2v) is 7.73. The molecule has 0 aliphatic rings. The van der Waals surface area contributed by atoms with E-state index in [1.807, 2.05) is 0 Å². The van der Waals surface area contributed by atoms with Gasteiger partial charge in [0, 0.05) is 17.5 Å². The summed E-state index contributed by atoms with van der Waals surface area (Å²) < 4.78 is 23.4. The summed E-state index contributed by atoms with van der Waals surface area (Å²) in [7, 11) is -3.56. The van der Waals surface area contributed by atoms with E-state index in [1.54, 1.807) is 12.1 Å². The van der Waals surface area contributed by atoms with E-state index in [2.05, 4.69) is 15.3 Å². The van der Waals surface area contributed by atoms with Gasteiger partial charge in [0.25, 0.3) is 11.5 Å². The molecule has 25 heavy (non-hydrogen) atoms. The van der Waals surface area contributed by atoms with Crippen molar-refractivity contribution in [1.82, 2.24) is 9.97 Å². The topological polar surface area (TPSA) is 109 Å². The van der Waals surface area contributed by atoms with Gasteiger partial charge in [0.15, 0.2) is 9.84 Å². The largest absolute Gasteiger partial charge is 0.322 e. The Bertz CT molecular complexity index is 1160. The third kappa shape index (κ3) is 3.54. The Labute approximate surface area is 147 Å². The SMILES string of the molecule is CS(=O)(=O)c1cc(C(=O)Nc2ccc3nc[nH]c(=O)c3c2)ccc1Cl. The van der Waals surface area contributed by atoms with Crippen molar-refractivity contribution >= 4 is 43.9 Å². The minimum absolute atomic E-state index is 0.0439. The number of sulfone groups is 1. The molecule has 0 spiro atoms. The number of anilines is 1. The molecule has 1 amide bonds. The van der Waals surface area contributed by atoms with E-state index in [9.17, 15) is 18.0 Å². The number of halogens is 1. The van der Waals surface area contributed by atoms with Crippen LogP contribution in [0.4, 0.5) is 5.69 Å². The zero-order chi connectivity index (χ0) is 18.2. The van der Waals surface area contributed by atoms with Crippen molar-refractivity contribution in [2.75, 3.05) is 11.6 Å². The third-order valence-corrected chi connectivity index (χ3v) is 5.07. The number of rotatable bonds is 3. The number of amides is 1. The molecule has 0 radical (unpaired) electrons. The maximum Gasteiger partial charge on any atom is 0.258 e. The van der Waals surface area contributed by atoms with E-state index in [1.165, 1.54) is 30.6 Å². The summed E-state index contributed by atoms with van der Waals surface area (Å²) in [5, 5.41) is 2.99. The van der Waals surface area contributed by atoms with Gasteiger partial charge in [0.1, 0.15) is 0 Å². The number of hydrogen-bond donors (Lipinski definition) is 2. The average Bonchev–Trinajstić information content (AvgIpc) is 2.55. The molecule has 3 aromatic rings. The van der Waals surface area contributed by atoms with E-state index < -0.39 is 15.7 Å². The molecule has 7 nitrogen and oxygen atoms in total. The van der Waals surface area contributed by atoms with Crippen molar-refractivity contribution in [2.45, 2.75) is 4.90 Å². The van der Waals surface area contributed by atoms with Crippen LogP contribution in [0, 0.1) is 0 Å².